The minimum absolute atomic E-state index is 0.0475. The highest BCUT2D eigenvalue weighted by Crippen LogP contribution is 2.36. The molecule has 112 valence electrons. The fourth-order valence-electron chi connectivity index (χ4n) is 2.21. The summed E-state index contributed by atoms with van der Waals surface area (Å²) in [5, 5.41) is 0.272. The summed E-state index contributed by atoms with van der Waals surface area (Å²) < 4.78 is 28.6. The van der Waals surface area contributed by atoms with Crippen LogP contribution in [0, 0.1) is 0 Å². The topological polar surface area (TPSA) is 63.4 Å². The Balaban J connectivity index is 2.50. The Morgan fingerprint density at radius 2 is 2.00 bits per heavy atom. The van der Waals surface area contributed by atoms with E-state index in [1.54, 1.807) is 28.2 Å². The smallest absolute Gasteiger partial charge is 0.246 e. The number of nitrogen functional groups attached to an aromatic ring is 1. The van der Waals surface area contributed by atoms with Crippen LogP contribution in [-0.4, -0.2) is 36.3 Å². The molecule has 2 rings (SSSR count). The number of sulfonamides is 1. The zero-order valence-corrected chi connectivity index (χ0v) is 15.9. The molecular weight excluding hydrogens is 428 g/mol. The van der Waals surface area contributed by atoms with Crippen molar-refractivity contribution in [3.63, 3.8) is 0 Å². The number of hydrogen-bond donors (Lipinski definition) is 1. The van der Waals surface area contributed by atoms with Crippen LogP contribution in [0.5, 0.6) is 0 Å². The zero-order valence-electron chi connectivity index (χ0n) is 11.1. The molecule has 1 saturated heterocycles. The van der Waals surface area contributed by atoms with Gasteiger partial charge in [-0.3, -0.25) is 0 Å². The number of hydrogen-bond acceptors (Lipinski definition) is 4. The summed E-state index contributed by atoms with van der Waals surface area (Å²) in [6, 6.07) is 3.27. The lowest BCUT2D eigenvalue weighted by Crippen LogP contribution is -2.48. The Kier molecular flexibility index (Phi) is 5.11. The van der Waals surface area contributed by atoms with Gasteiger partial charge < -0.3 is 5.73 Å². The van der Waals surface area contributed by atoms with E-state index in [-0.39, 0.29) is 21.9 Å². The monoisotopic (exact) mass is 442 g/mol. The van der Waals surface area contributed by atoms with E-state index >= 15 is 0 Å². The first-order valence-electron chi connectivity index (χ1n) is 6.13. The van der Waals surface area contributed by atoms with Crippen LogP contribution in [0.25, 0.3) is 0 Å². The maximum Gasteiger partial charge on any atom is 0.246 e. The molecule has 2 atom stereocenters. The van der Waals surface area contributed by atoms with Crippen molar-refractivity contribution in [3.05, 3.63) is 21.1 Å². The van der Waals surface area contributed by atoms with Crippen molar-refractivity contribution < 1.29 is 8.42 Å². The third-order valence-corrected chi connectivity index (χ3v) is 8.22. The number of benzene rings is 1. The number of thioether (sulfide) groups is 1. The molecule has 1 heterocycles. The van der Waals surface area contributed by atoms with Gasteiger partial charge in [0.2, 0.25) is 10.0 Å². The van der Waals surface area contributed by atoms with Crippen LogP contribution in [0.2, 0.25) is 0 Å². The minimum Gasteiger partial charge on any atom is -0.398 e. The van der Waals surface area contributed by atoms with Gasteiger partial charge in [-0.05, 0) is 35.0 Å². The van der Waals surface area contributed by atoms with Gasteiger partial charge in [0.05, 0.1) is 5.69 Å². The average molecular weight is 444 g/mol. The Bertz CT molecular complexity index is 599. The van der Waals surface area contributed by atoms with Crippen molar-refractivity contribution in [2.75, 3.05) is 18.0 Å². The van der Waals surface area contributed by atoms with Crippen molar-refractivity contribution in [2.24, 2.45) is 0 Å². The predicted molar refractivity (Wildman–Crippen MR) is 91.5 cm³/mol. The Morgan fingerprint density at radius 3 is 2.60 bits per heavy atom. The molecule has 1 aliphatic rings. The molecule has 0 bridgehead atoms. The summed E-state index contributed by atoms with van der Waals surface area (Å²) in [7, 11) is -3.59. The van der Waals surface area contributed by atoms with Crippen LogP contribution in [0.4, 0.5) is 5.69 Å². The van der Waals surface area contributed by atoms with E-state index in [0.29, 0.717) is 11.0 Å². The van der Waals surface area contributed by atoms with E-state index in [1.165, 1.54) is 0 Å². The highest BCUT2D eigenvalue weighted by atomic mass is 79.9. The molecule has 2 unspecified atom stereocenters. The number of anilines is 1. The fourth-order valence-corrected chi connectivity index (χ4v) is 7.23. The summed E-state index contributed by atoms with van der Waals surface area (Å²) in [6.07, 6.45) is 0. The van der Waals surface area contributed by atoms with Gasteiger partial charge in [-0.15, -0.1) is 0 Å². The van der Waals surface area contributed by atoms with Crippen molar-refractivity contribution in [2.45, 2.75) is 30.0 Å². The first-order chi connectivity index (χ1) is 9.25. The minimum atomic E-state index is -3.59. The molecule has 0 spiro atoms. The first kappa shape index (κ1) is 16.6. The fraction of sp³-hybridized carbons (Fsp3) is 0.500. The summed E-state index contributed by atoms with van der Waals surface area (Å²) in [4.78, 5) is 0.159. The van der Waals surface area contributed by atoms with E-state index in [9.17, 15) is 8.42 Å². The van der Waals surface area contributed by atoms with Gasteiger partial charge >= 0.3 is 0 Å². The van der Waals surface area contributed by atoms with Gasteiger partial charge in [0, 0.05) is 32.5 Å². The quantitative estimate of drug-likeness (QED) is 0.712. The second-order valence-corrected chi connectivity index (χ2v) is 9.82. The van der Waals surface area contributed by atoms with Gasteiger partial charge in [-0.2, -0.15) is 16.1 Å². The summed E-state index contributed by atoms with van der Waals surface area (Å²) in [5.74, 6) is 0.804. The number of rotatable bonds is 2. The molecule has 20 heavy (non-hydrogen) atoms. The highest BCUT2D eigenvalue weighted by Gasteiger charge is 2.37. The molecule has 0 saturated carbocycles. The van der Waals surface area contributed by atoms with Gasteiger partial charge in [0.1, 0.15) is 4.90 Å². The van der Waals surface area contributed by atoms with Crippen LogP contribution >= 0.6 is 43.6 Å². The molecule has 2 N–H and O–H groups in total. The molecule has 1 aromatic carbocycles. The lowest BCUT2D eigenvalue weighted by Gasteiger charge is -2.36. The van der Waals surface area contributed by atoms with Crippen molar-refractivity contribution in [1.29, 1.82) is 0 Å². The SMILES string of the molecule is CC1SCCN(S(=O)(=O)c2c(N)cc(Br)cc2Br)C1C. The van der Waals surface area contributed by atoms with Crippen LogP contribution in [0.3, 0.4) is 0 Å². The van der Waals surface area contributed by atoms with Crippen molar-refractivity contribution in [3.8, 4) is 0 Å². The van der Waals surface area contributed by atoms with E-state index in [4.69, 9.17) is 5.73 Å². The standard InChI is InChI=1S/C12H16Br2N2O2S2/c1-7-8(2)19-4-3-16(7)20(17,18)12-10(14)5-9(13)6-11(12)15/h5-8H,3-4,15H2,1-2H3. The number of nitrogens with zero attached hydrogens (tertiary/aromatic N) is 1. The molecule has 1 aromatic rings. The Labute approximate surface area is 140 Å². The van der Waals surface area contributed by atoms with Gasteiger partial charge in [0.15, 0.2) is 0 Å². The van der Waals surface area contributed by atoms with Crippen LogP contribution < -0.4 is 5.73 Å². The predicted octanol–water partition coefficient (Wildman–Crippen LogP) is 3.31. The molecule has 0 radical (unpaired) electrons. The third kappa shape index (κ3) is 3.04. The van der Waals surface area contributed by atoms with Gasteiger partial charge in [0.25, 0.3) is 0 Å². The maximum absolute atomic E-state index is 12.9. The van der Waals surface area contributed by atoms with Crippen LogP contribution in [0.1, 0.15) is 13.8 Å². The Morgan fingerprint density at radius 1 is 1.35 bits per heavy atom. The lowest BCUT2D eigenvalue weighted by atomic mass is 10.2. The van der Waals surface area contributed by atoms with Crippen molar-refractivity contribution in [1.82, 2.24) is 4.31 Å². The second kappa shape index (κ2) is 6.16. The molecule has 4 nitrogen and oxygen atoms in total. The molecule has 1 aliphatic heterocycles. The Hall–Kier alpha value is 0.240. The van der Waals surface area contributed by atoms with Gasteiger partial charge in [-0.1, -0.05) is 22.9 Å². The number of nitrogens with two attached hydrogens (primary N) is 1. The lowest BCUT2D eigenvalue weighted by molar-refractivity contribution is 0.340. The maximum atomic E-state index is 12.9. The van der Waals surface area contributed by atoms with E-state index in [2.05, 4.69) is 38.8 Å². The molecule has 0 aromatic heterocycles. The van der Waals surface area contributed by atoms with E-state index < -0.39 is 10.0 Å². The molecule has 8 heteroatoms. The highest BCUT2D eigenvalue weighted by molar-refractivity contribution is 9.11. The third-order valence-electron chi connectivity index (χ3n) is 3.43. The van der Waals surface area contributed by atoms with Gasteiger partial charge in [-0.25, -0.2) is 8.42 Å². The van der Waals surface area contributed by atoms with Crippen molar-refractivity contribution >= 4 is 59.3 Å². The summed E-state index contributed by atoms with van der Waals surface area (Å²) >= 11 is 8.42. The molecule has 0 aliphatic carbocycles. The van der Waals surface area contributed by atoms with Crippen LogP contribution in [0.15, 0.2) is 26.0 Å². The van der Waals surface area contributed by atoms with E-state index in [0.717, 1.165) is 10.2 Å². The molecular formula is C12H16Br2N2O2S2. The number of halogens is 2. The average Bonchev–Trinajstić information content (AvgIpc) is 2.30. The normalized spacial score (nSPS) is 24.8. The van der Waals surface area contributed by atoms with E-state index in [1.807, 2.05) is 6.92 Å². The molecule has 0 amide bonds. The van der Waals surface area contributed by atoms with Crippen LogP contribution in [-0.2, 0) is 10.0 Å². The second-order valence-electron chi connectivity index (χ2n) is 4.74. The first-order valence-corrected chi connectivity index (χ1v) is 10.2. The largest absolute Gasteiger partial charge is 0.398 e. The summed E-state index contributed by atoms with van der Waals surface area (Å²) in [6.45, 7) is 4.51. The zero-order chi connectivity index (χ0) is 15.1. The summed E-state index contributed by atoms with van der Waals surface area (Å²) in [5.41, 5.74) is 6.18. The molecule has 1 fully saturated rings.